The van der Waals surface area contributed by atoms with Gasteiger partial charge in [-0.05, 0) is 24.3 Å². The number of amides is 1. The molecule has 26 heavy (non-hydrogen) atoms. The van der Waals surface area contributed by atoms with E-state index in [9.17, 15) is 22.4 Å². The van der Waals surface area contributed by atoms with Crippen LogP contribution in [0.4, 0.5) is 17.6 Å². The van der Waals surface area contributed by atoms with Gasteiger partial charge >= 0.3 is 6.18 Å². The number of nitrogens with zero attached hydrogens (tertiary/aromatic N) is 2. The number of hydrogen-bond acceptors (Lipinski definition) is 3. The van der Waals surface area contributed by atoms with Crippen LogP contribution in [0.2, 0.25) is 0 Å². The highest BCUT2D eigenvalue weighted by molar-refractivity contribution is 5.99. The van der Waals surface area contributed by atoms with Crippen molar-refractivity contribution < 1.29 is 22.4 Å². The number of alkyl halides is 3. The summed E-state index contributed by atoms with van der Waals surface area (Å²) in [6, 6.07) is 7.02. The second-order valence-corrected chi connectivity index (χ2v) is 5.37. The minimum absolute atomic E-state index is 0.115. The fraction of sp³-hybridized carbons (Fsp3) is 0.118. The molecule has 2 N–H and O–H groups in total. The summed E-state index contributed by atoms with van der Waals surface area (Å²) in [6.45, 7) is 0. The number of rotatable bonds is 4. The number of benzene rings is 1. The van der Waals surface area contributed by atoms with Crippen molar-refractivity contribution in [3.63, 3.8) is 0 Å². The highest BCUT2D eigenvalue weighted by atomic mass is 19.4. The summed E-state index contributed by atoms with van der Waals surface area (Å²) in [4.78, 5) is 16.1. The lowest BCUT2D eigenvalue weighted by Gasteiger charge is -2.21. The van der Waals surface area contributed by atoms with Crippen LogP contribution in [0.5, 0.6) is 0 Å². The number of pyridine rings is 1. The van der Waals surface area contributed by atoms with Crippen LogP contribution in [0.1, 0.15) is 22.1 Å². The van der Waals surface area contributed by atoms with Crippen LogP contribution in [0.3, 0.4) is 0 Å². The predicted octanol–water partition coefficient (Wildman–Crippen LogP) is 3.64. The third kappa shape index (κ3) is 3.71. The molecule has 1 aromatic carbocycles. The van der Waals surface area contributed by atoms with Gasteiger partial charge in [0.1, 0.15) is 5.82 Å². The molecule has 0 unspecified atom stereocenters. The van der Waals surface area contributed by atoms with Gasteiger partial charge < -0.3 is 5.32 Å². The molecular formula is C17H12F4N4O. The summed E-state index contributed by atoms with van der Waals surface area (Å²) >= 11 is 0. The van der Waals surface area contributed by atoms with Crippen molar-refractivity contribution in [1.82, 2.24) is 20.5 Å². The Labute approximate surface area is 145 Å². The molecule has 0 aliphatic carbocycles. The molecule has 2 aromatic heterocycles. The molecule has 0 fully saturated rings. The normalized spacial score (nSPS) is 12.6. The van der Waals surface area contributed by atoms with Gasteiger partial charge in [-0.15, -0.1) is 0 Å². The smallest absolute Gasteiger partial charge is 0.335 e. The summed E-state index contributed by atoms with van der Waals surface area (Å²) in [5.41, 5.74) is -0.0806. The SMILES string of the molecule is O=C(N[C@@H](c1ccccn1)C(F)(F)F)c1cn[nH]c1-c1cccc(F)c1. The Bertz CT molecular complexity index is 908. The summed E-state index contributed by atoms with van der Waals surface area (Å²) in [6.07, 6.45) is -2.45. The van der Waals surface area contributed by atoms with Crippen molar-refractivity contribution in [2.45, 2.75) is 12.2 Å². The van der Waals surface area contributed by atoms with E-state index >= 15 is 0 Å². The lowest BCUT2D eigenvalue weighted by Crippen LogP contribution is -2.38. The van der Waals surface area contributed by atoms with Crippen LogP contribution in [-0.2, 0) is 0 Å². The lowest BCUT2D eigenvalue weighted by atomic mass is 10.1. The molecule has 0 spiro atoms. The van der Waals surface area contributed by atoms with Crippen LogP contribution in [0, 0.1) is 5.82 Å². The predicted molar refractivity (Wildman–Crippen MR) is 84.5 cm³/mol. The van der Waals surface area contributed by atoms with Crippen molar-refractivity contribution in [2.75, 3.05) is 0 Å². The third-order valence-electron chi connectivity index (χ3n) is 3.58. The first-order valence-electron chi connectivity index (χ1n) is 7.44. The van der Waals surface area contributed by atoms with Crippen molar-refractivity contribution in [2.24, 2.45) is 0 Å². The molecule has 9 heteroatoms. The van der Waals surface area contributed by atoms with E-state index in [0.29, 0.717) is 0 Å². The zero-order chi connectivity index (χ0) is 18.7. The monoisotopic (exact) mass is 364 g/mol. The van der Waals surface area contributed by atoms with Crippen molar-refractivity contribution in [3.05, 3.63) is 71.9 Å². The number of carbonyl (C=O) groups is 1. The molecule has 0 saturated heterocycles. The van der Waals surface area contributed by atoms with Gasteiger partial charge in [-0.2, -0.15) is 18.3 Å². The molecule has 0 radical (unpaired) electrons. The van der Waals surface area contributed by atoms with Crippen molar-refractivity contribution in [3.8, 4) is 11.3 Å². The first-order chi connectivity index (χ1) is 12.4. The largest absolute Gasteiger partial charge is 0.414 e. The maximum absolute atomic E-state index is 13.4. The van der Waals surface area contributed by atoms with Gasteiger partial charge in [0, 0.05) is 11.8 Å². The van der Waals surface area contributed by atoms with Gasteiger partial charge in [-0.3, -0.25) is 14.9 Å². The molecule has 2 heterocycles. The van der Waals surface area contributed by atoms with Gasteiger partial charge in [0.15, 0.2) is 6.04 Å². The first-order valence-corrected chi connectivity index (χ1v) is 7.44. The standard InChI is InChI=1S/C17H12F4N4O/c18-11-5-3-4-10(8-11)14-12(9-23-25-14)16(26)24-15(17(19,20)21)13-6-1-2-7-22-13/h1-9,15H,(H,23,25)(H,24,26)/t15-/m0/s1. The summed E-state index contributed by atoms with van der Waals surface area (Å²) in [5.74, 6) is -1.56. The highest BCUT2D eigenvalue weighted by Gasteiger charge is 2.43. The first kappa shape index (κ1) is 17.6. The second kappa shape index (κ2) is 6.95. The molecule has 0 aliphatic rings. The molecule has 0 aliphatic heterocycles. The summed E-state index contributed by atoms with van der Waals surface area (Å²) in [7, 11) is 0. The molecule has 1 amide bonds. The van der Waals surface area contributed by atoms with Gasteiger partial charge in [0.05, 0.1) is 23.1 Å². The maximum Gasteiger partial charge on any atom is 0.414 e. The van der Waals surface area contributed by atoms with Crippen LogP contribution in [-0.4, -0.2) is 27.3 Å². The zero-order valence-electron chi connectivity index (χ0n) is 13.1. The summed E-state index contributed by atoms with van der Waals surface area (Å²) in [5, 5.41) is 8.11. The second-order valence-electron chi connectivity index (χ2n) is 5.37. The van der Waals surface area contributed by atoms with Gasteiger partial charge in [-0.25, -0.2) is 4.39 Å². The number of hydrogen-bond donors (Lipinski definition) is 2. The average molecular weight is 364 g/mol. The Morgan fingerprint density at radius 1 is 1.15 bits per heavy atom. The van der Waals surface area contributed by atoms with Gasteiger partial charge in [0.25, 0.3) is 5.91 Å². The maximum atomic E-state index is 13.4. The Balaban J connectivity index is 1.91. The van der Waals surface area contributed by atoms with E-state index in [4.69, 9.17) is 0 Å². The number of nitrogens with one attached hydrogen (secondary N) is 2. The topological polar surface area (TPSA) is 70.7 Å². The molecule has 3 aromatic rings. The Hall–Kier alpha value is -3.23. The number of aromatic amines is 1. The van der Waals surface area contributed by atoms with Gasteiger partial charge in [-0.1, -0.05) is 18.2 Å². The number of H-pyrrole nitrogens is 1. The van der Waals surface area contributed by atoms with Crippen LogP contribution in [0.25, 0.3) is 11.3 Å². The van der Waals surface area contributed by atoms with E-state index in [0.717, 1.165) is 12.3 Å². The molecule has 134 valence electrons. The lowest BCUT2D eigenvalue weighted by molar-refractivity contribution is -0.156. The molecular weight excluding hydrogens is 352 g/mol. The highest BCUT2D eigenvalue weighted by Crippen LogP contribution is 2.32. The van der Waals surface area contributed by atoms with E-state index < -0.39 is 23.9 Å². The fourth-order valence-electron chi connectivity index (χ4n) is 2.40. The summed E-state index contributed by atoms with van der Waals surface area (Å²) < 4.78 is 53.5. The van der Waals surface area contributed by atoms with E-state index in [1.165, 1.54) is 42.6 Å². The van der Waals surface area contributed by atoms with E-state index in [2.05, 4.69) is 15.2 Å². The fourth-order valence-corrected chi connectivity index (χ4v) is 2.40. The van der Waals surface area contributed by atoms with Crippen molar-refractivity contribution in [1.29, 1.82) is 0 Å². The Morgan fingerprint density at radius 3 is 2.62 bits per heavy atom. The van der Waals surface area contributed by atoms with Gasteiger partial charge in [0.2, 0.25) is 0 Å². The number of halogens is 4. The van der Waals surface area contributed by atoms with Crippen LogP contribution < -0.4 is 5.32 Å². The molecule has 5 nitrogen and oxygen atoms in total. The molecule has 1 atom stereocenters. The van der Waals surface area contributed by atoms with E-state index in [-0.39, 0.29) is 22.5 Å². The minimum atomic E-state index is -4.74. The third-order valence-corrected chi connectivity index (χ3v) is 3.58. The van der Waals surface area contributed by atoms with E-state index in [1.54, 1.807) is 0 Å². The quantitative estimate of drug-likeness (QED) is 0.695. The van der Waals surface area contributed by atoms with Crippen LogP contribution in [0.15, 0.2) is 54.9 Å². The van der Waals surface area contributed by atoms with E-state index in [1.807, 2.05) is 5.32 Å². The average Bonchev–Trinajstić information content (AvgIpc) is 3.09. The number of carbonyl (C=O) groups excluding carboxylic acids is 1. The zero-order valence-corrected chi connectivity index (χ0v) is 13.1. The molecule has 0 bridgehead atoms. The molecule has 0 saturated carbocycles. The van der Waals surface area contributed by atoms with Crippen LogP contribution >= 0.6 is 0 Å². The minimum Gasteiger partial charge on any atom is -0.335 e. The Morgan fingerprint density at radius 2 is 1.96 bits per heavy atom. The number of aromatic nitrogens is 3. The Kier molecular flexibility index (Phi) is 4.70. The molecule has 3 rings (SSSR count). The van der Waals surface area contributed by atoms with Crippen molar-refractivity contribution >= 4 is 5.91 Å².